The third-order valence-electron chi connectivity index (χ3n) is 4.70. The summed E-state index contributed by atoms with van der Waals surface area (Å²) in [5.74, 6) is -3.71. The predicted octanol–water partition coefficient (Wildman–Crippen LogP) is 4.62. The van der Waals surface area contributed by atoms with Crippen molar-refractivity contribution in [3.63, 3.8) is 0 Å². The van der Waals surface area contributed by atoms with Crippen LogP contribution < -0.4 is 0 Å². The molecule has 30 heavy (non-hydrogen) atoms. The van der Waals surface area contributed by atoms with Crippen LogP contribution >= 0.6 is 11.6 Å². The van der Waals surface area contributed by atoms with Crippen molar-refractivity contribution in [1.29, 1.82) is 0 Å². The molecule has 0 aliphatic heterocycles. The largest absolute Gasteiger partial charge is 0.478 e. The number of fused-ring (bicyclic) bond motifs is 1. The quantitative estimate of drug-likeness (QED) is 0.476. The Hall–Kier alpha value is -3.46. The summed E-state index contributed by atoms with van der Waals surface area (Å²) >= 11 is 5.89. The number of aromatic nitrogens is 4. The number of nitrogens with zero attached hydrogens (tertiary/aromatic N) is 4. The third kappa shape index (κ3) is 3.26. The van der Waals surface area contributed by atoms with Gasteiger partial charge in [0.1, 0.15) is 23.0 Å². The third-order valence-corrected chi connectivity index (χ3v) is 5.11. The summed E-state index contributed by atoms with van der Waals surface area (Å²) in [7, 11) is 0. The summed E-state index contributed by atoms with van der Waals surface area (Å²) in [6.45, 7) is 1.22. The first-order valence-electron chi connectivity index (χ1n) is 8.63. The zero-order valence-corrected chi connectivity index (χ0v) is 16.1. The molecule has 1 N–H and O–H groups in total. The highest BCUT2D eigenvalue weighted by atomic mass is 35.5. The topological polar surface area (TPSA) is 80.9 Å². The number of carboxylic acid groups (broad SMARTS) is 1. The van der Waals surface area contributed by atoms with Gasteiger partial charge < -0.3 is 5.11 Å². The Morgan fingerprint density at radius 2 is 1.83 bits per heavy atom. The summed E-state index contributed by atoms with van der Waals surface area (Å²) in [4.78, 5) is 15.5. The van der Waals surface area contributed by atoms with E-state index >= 15 is 0 Å². The van der Waals surface area contributed by atoms with E-state index in [0.29, 0.717) is 16.8 Å². The second-order valence-corrected chi connectivity index (χ2v) is 6.89. The van der Waals surface area contributed by atoms with Gasteiger partial charge in [0.25, 0.3) is 0 Å². The average molecular weight is 433 g/mol. The molecule has 4 aromatic rings. The maximum atomic E-state index is 14.4. The van der Waals surface area contributed by atoms with Gasteiger partial charge in [-0.25, -0.2) is 27.6 Å². The molecule has 0 saturated carbocycles. The molecular formula is C20H12ClF3N4O2. The van der Waals surface area contributed by atoms with Crippen LogP contribution in [-0.4, -0.2) is 31.1 Å². The lowest BCUT2D eigenvalue weighted by atomic mass is 10.0. The monoisotopic (exact) mass is 432 g/mol. The van der Waals surface area contributed by atoms with E-state index in [1.807, 2.05) is 0 Å². The first kappa shape index (κ1) is 19.8. The summed E-state index contributed by atoms with van der Waals surface area (Å²) in [5.41, 5.74) is 0.901. The van der Waals surface area contributed by atoms with Crippen molar-refractivity contribution in [2.75, 3.05) is 0 Å². The molecule has 0 radical (unpaired) electrons. The predicted molar refractivity (Wildman–Crippen MR) is 103 cm³/mol. The van der Waals surface area contributed by atoms with Crippen LogP contribution in [0.4, 0.5) is 13.2 Å². The molecule has 152 valence electrons. The van der Waals surface area contributed by atoms with E-state index in [1.165, 1.54) is 17.7 Å². The molecular weight excluding hydrogens is 421 g/mol. The lowest BCUT2D eigenvalue weighted by Gasteiger charge is -2.10. The highest BCUT2D eigenvalue weighted by Crippen LogP contribution is 2.28. The van der Waals surface area contributed by atoms with Crippen LogP contribution in [0.2, 0.25) is 5.02 Å². The second kappa shape index (κ2) is 7.42. The minimum Gasteiger partial charge on any atom is -0.478 e. The molecule has 2 aromatic carbocycles. The highest BCUT2D eigenvalue weighted by molar-refractivity contribution is 6.31. The van der Waals surface area contributed by atoms with E-state index < -0.39 is 29.0 Å². The number of carboxylic acids is 1. The highest BCUT2D eigenvalue weighted by Gasteiger charge is 2.19. The molecule has 0 unspecified atom stereocenters. The molecule has 0 aliphatic rings. The van der Waals surface area contributed by atoms with Crippen LogP contribution in [-0.2, 0) is 6.54 Å². The molecule has 0 fully saturated rings. The van der Waals surface area contributed by atoms with E-state index in [0.717, 1.165) is 18.2 Å². The number of pyridine rings is 1. The molecule has 2 heterocycles. The molecule has 6 nitrogen and oxygen atoms in total. The van der Waals surface area contributed by atoms with Gasteiger partial charge >= 0.3 is 5.97 Å². The minimum atomic E-state index is -1.37. The van der Waals surface area contributed by atoms with Gasteiger partial charge in [-0.2, -0.15) is 0 Å². The molecule has 0 amide bonds. The average Bonchev–Trinajstić information content (AvgIpc) is 3.12. The minimum absolute atomic E-state index is 0.108. The molecule has 2 aromatic heterocycles. The molecule has 10 heteroatoms. The molecule has 0 aliphatic carbocycles. The zero-order chi connectivity index (χ0) is 21.6. The fraction of sp³-hybridized carbons (Fsp3) is 0.100. The first-order chi connectivity index (χ1) is 14.3. The van der Waals surface area contributed by atoms with Gasteiger partial charge in [0, 0.05) is 11.1 Å². The summed E-state index contributed by atoms with van der Waals surface area (Å²) in [6, 6.07) is 7.67. The fourth-order valence-electron chi connectivity index (χ4n) is 3.10. The normalized spacial score (nSPS) is 11.2. The Labute approximate surface area is 172 Å². The van der Waals surface area contributed by atoms with E-state index in [-0.39, 0.29) is 28.3 Å². The van der Waals surface area contributed by atoms with Crippen molar-refractivity contribution in [3.05, 3.63) is 75.6 Å². The number of carbonyl (C=O) groups is 1. The van der Waals surface area contributed by atoms with Gasteiger partial charge in [-0.3, -0.25) is 0 Å². The van der Waals surface area contributed by atoms with Crippen LogP contribution in [0, 0.1) is 24.4 Å². The first-order valence-corrected chi connectivity index (χ1v) is 9.01. The van der Waals surface area contributed by atoms with Crippen molar-refractivity contribution >= 4 is 28.7 Å². The molecule has 0 bridgehead atoms. The standard InChI is InChI=1S/C20H12ClF3N4O2/c1-9-10(2-3-11(18(9)24)20(29)30)15-6-7-16-19(25-15)28(27-26-16)8-12-13(22)4-5-14(23)17(12)21/h2-7H,8H2,1H3,(H,29,30). The van der Waals surface area contributed by atoms with E-state index in [9.17, 15) is 18.0 Å². The molecule has 4 rings (SSSR count). The van der Waals surface area contributed by atoms with Gasteiger partial charge in [0.2, 0.25) is 0 Å². The number of benzene rings is 2. The van der Waals surface area contributed by atoms with Crippen molar-refractivity contribution in [1.82, 2.24) is 20.0 Å². The number of hydrogen-bond acceptors (Lipinski definition) is 4. The lowest BCUT2D eigenvalue weighted by molar-refractivity contribution is 0.0691. The van der Waals surface area contributed by atoms with Crippen LogP contribution in [0.25, 0.3) is 22.4 Å². The van der Waals surface area contributed by atoms with Crippen LogP contribution in [0.1, 0.15) is 21.5 Å². The van der Waals surface area contributed by atoms with Crippen molar-refractivity contribution in [2.24, 2.45) is 0 Å². The summed E-state index contributed by atoms with van der Waals surface area (Å²) < 4.78 is 43.5. The van der Waals surface area contributed by atoms with E-state index in [4.69, 9.17) is 16.7 Å². The summed E-state index contributed by atoms with van der Waals surface area (Å²) in [6.07, 6.45) is 0. The number of aromatic carboxylic acids is 1. The number of halogens is 4. The van der Waals surface area contributed by atoms with Gasteiger partial charge in [-0.05, 0) is 42.8 Å². The SMILES string of the molecule is Cc1c(-c2ccc3nnn(Cc4c(F)ccc(F)c4Cl)c3n2)ccc(C(=O)O)c1F. The van der Waals surface area contributed by atoms with E-state index in [1.54, 1.807) is 12.1 Å². The summed E-state index contributed by atoms with van der Waals surface area (Å²) in [5, 5.41) is 16.6. The van der Waals surface area contributed by atoms with Gasteiger partial charge in [0.05, 0.1) is 22.8 Å². The zero-order valence-electron chi connectivity index (χ0n) is 15.3. The van der Waals surface area contributed by atoms with Gasteiger partial charge in [-0.1, -0.05) is 22.9 Å². The van der Waals surface area contributed by atoms with Crippen LogP contribution in [0.15, 0.2) is 36.4 Å². The maximum absolute atomic E-state index is 14.4. The lowest BCUT2D eigenvalue weighted by Crippen LogP contribution is -2.07. The number of rotatable bonds is 4. The Balaban J connectivity index is 1.81. The van der Waals surface area contributed by atoms with Crippen molar-refractivity contribution < 1.29 is 23.1 Å². The molecule has 0 atom stereocenters. The Morgan fingerprint density at radius 3 is 2.57 bits per heavy atom. The Bertz CT molecular complexity index is 1320. The van der Waals surface area contributed by atoms with E-state index in [2.05, 4.69) is 15.3 Å². The maximum Gasteiger partial charge on any atom is 0.338 e. The Kier molecular flexibility index (Phi) is 4.90. The van der Waals surface area contributed by atoms with Crippen LogP contribution in [0.3, 0.4) is 0 Å². The van der Waals surface area contributed by atoms with Crippen molar-refractivity contribution in [3.8, 4) is 11.3 Å². The van der Waals surface area contributed by atoms with Gasteiger partial charge in [0.15, 0.2) is 5.65 Å². The fourth-order valence-corrected chi connectivity index (χ4v) is 3.31. The smallest absolute Gasteiger partial charge is 0.338 e. The van der Waals surface area contributed by atoms with Crippen LogP contribution in [0.5, 0.6) is 0 Å². The molecule has 0 saturated heterocycles. The molecule has 0 spiro atoms. The second-order valence-electron chi connectivity index (χ2n) is 6.51. The van der Waals surface area contributed by atoms with Gasteiger partial charge in [-0.15, -0.1) is 5.10 Å². The Morgan fingerprint density at radius 1 is 1.10 bits per heavy atom. The van der Waals surface area contributed by atoms with Crippen molar-refractivity contribution in [2.45, 2.75) is 13.5 Å². The number of hydrogen-bond donors (Lipinski definition) is 1.